The van der Waals surface area contributed by atoms with Crippen molar-refractivity contribution in [3.8, 4) is 5.75 Å². The minimum atomic E-state index is -4.25. The molecule has 0 spiro atoms. The molecule has 1 aliphatic rings. The Kier molecular flexibility index (Phi) is 11.2. The maximum absolute atomic E-state index is 14.8. The van der Waals surface area contributed by atoms with E-state index in [0.717, 1.165) is 57.8 Å². The number of hydrogen-bond acceptors (Lipinski definition) is 5. The van der Waals surface area contributed by atoms with Crippen molar-refractivity contribution in [2.45, 2.75) is 76.4 Å². The first-order chi connectivity index (χ1) is 23.1. The maximum atomic E-state index is 14.8. The highest BCUT2D eigenvalue weighted by atomic mass is 32.2. The lowest BCUT2D eigenvalue weighted by atomic mass is 10.0. The van der Waals surface area contributed by atoms with Gasteiger partial charge in [0.05, 0.1) is 17.7 Å². The van der Waals surface area contributed by atoms with Gasteiger partial charge in [0.15, 0.2) is 0 Å². The molecule has 0 bridgehead atoms. The molecule has 1 atom stereocenters. The molecule has 9 heteroatoms. The van der Waals surface area contributed by atoms with Crippen LogP contribution in [0.25, 0.3) is 0 Å². The molecule has 0 heterocycles. The highest BCUT2D eigenvalue weighted by molar-refractivity contribution is 7.92. The summed E-state index contributed by atoms with van der Waals surface area (Å²) in [5.74, 6) is -0.428. The monoisotopic (exact) mass is 667 g/mol. The summed E-state index contributed by atoms with van der Waals surface area (Å²) >= 11 is 0. The summed E-state index contributed by atoms with van der Waals surface area (Å²) in [7, 11) is -2.78. The van der Waals surface area contributed by atoms with Gasteiger partial charge >= 0.3 is 0 Å². The zero-order chi connectivity index (χ0) is 34.3. The maximum Gasteiger partial charge on any atom is 0.264 e. The summed E-state index contributed by atoms with van der Waals surface area (Å²) in [6.45, 7) is 5.30. The Morgan fingerprint density at radius 1 is 0.854 bits per heavy atom. The topological polar surface area (TPSA) is 96.0 Å². The van der Waals surface area contributed by atoms with Crippen LogP contribution in [-0.2, 0) is 32.6 Å². The SMILES string of the molecule is COc1ccc(C)cc1N(CC(=O)N(Cc1ccccc1C)C(Cc1ccccc1)C(=O)NC1CCCC1)S(=O)(=O)c1ccc(C)cc1. The van der Waals surface area contributed by atoms with Gasteiger partial charge in [0.1, 0.15) is 18.3 Å². The number of rotatable bonds is 13. The van der Waals surface area contributed by atoms with Gasteiger partial charge in [-0.05, 0) is 80.1 Å². The predicted octanol–water partition coefficient (Wildman–Crippen LogP) is 6.51. The quantitative estimate of drug-likeness (QED) is 0.175. The molecule has 0 aliphatic heterocycles. The van der Waals surface area contributed by atoms with Gasteiger partial charge in [0.25, 0.3) is 10.0 Å². The van der Waals surface area contributed by atoms with E-state index in [-0.39, 0.29) is 35.5 Å². The van der Waals surface area contributed by atoms with Crippen LogP contribution in [0.4, 0.5) is 5.69 Å². The van der Waals surface area contributed by atoms with Gasteiger partial charge in [0.2, 0.25) is 11.8 Å². The van der Waals surface area contributed by atoms with E-state index in [1.165, 1.54) is 7.11 Å². The summed E-state index contributed by atoms with van der Waals surface area (Å²) in [5.41, 5.74) is 4.70. The van der Waals surface area contributed by atoms with E-state index >= 15 is 0 Å². The molecule has 1 saturated carbocycles. The molecule has 0 aromatic heterocycles. The zero-order valence-electron chi connectivity index (χ0n) is 28.2. The Hall–Kier alpha value is -4.63. The summed E-state index contributed by atoms with van der Waals surface area (Å²) in [4.78, 5) is 30.7. The lowest BCUT2D eigenvalue weighted by Crippen LogP contribution is -2.54. The van der Waals surface area contributed by atoms with E-state index in [1.54, 1.807) is 41.3 Å². The number of anilines is 1. The zero-order valence-corrected chi connectivity index (χ0v) is 29.0. The first-order valence-corrected chi connectivity index (χ1v) is 17.9. The third kappa shape index (κ3) is 8.26. The molecule has 1 unspecified atom stereocenters. The molecule has 8 nitrogen and oxygen atoms in total. The van der Waals surface area contributed by atoms with Gasteiger partial charge in [0, 0.05) is 19.0 Å². The van der Waals surface area contributed by atoms with Gasteiger partial charge in [-0.25, -0.2) is 8.42 Å². The summed E-state index contributed by atoms with van der Waals surface area (Å²) in [6, 6.07) is 28.3. The Bertz CT molecular complexity index is 1820. The highest BCUT2D eigenvalue weighted by Gasteiger charge is 2.36. The molecule has 1 aliphatic carbocycles. The molecule has 4 aromatic rings. The van der Waals surface area contributed by atoms with Crippen molar-refractivity contribution < 1.29 is 22.7 Å². The van der Waals surface area contributed by atoms with E-state index < -0.39 is 28.5 Å². The van der Waals surface area contributed by atoms with Crippen LogP contribution >= 0.6 is 0 Å². The van der Waals surface area contributed by atoms with Crippen molar-refractivity contribution in [1.82, 2.24) is 10.2 Å². The fourth-order valence-electron chi connectivity index (χ4n) is 6.24. The van der Waals surface area contributed by atoms with Crippen LogP contribution in [0.15, 0.2) is 102 Å². The van der Waals surface area contributed by atoms with E-state index in [9.17, 15) is 18.0 Å². The van der Waals surface area contributed by atoms with Crippen molar-refractivity contribution in [2.24, 2.45) is 0 Å². The average molecular weight is 668 g/mol. The van der Waals surface area contributed by atoms with Gasteiger partial charge in [-0.1, -0.05) is 91.2 Å². The molecular formula is C39H45N3O5S. The third-order valence-corrected chi connectivity index (χ3v) is 10.8. The molecule has 2 amide bonds. The van der Waals surface area contributed by atoms with E-state index in [4.69, 9.17) is 4.74 Å². The second-order valence-electron chi connectivity index (χ2n) is 12.6. The van der Waals surface area contributed by atoms with Crippen molar-refractivity contribution in [3.63, 3.8) is 0 Å². The number of nitrogens with zero attached hydrogens (tertiary/aromatic N) is 2. The second kappa shape index (κ2) is 15.5. The van der Waals surface area contributed by atoms with Gasteiger partial charge < -0.3 is 15.0 Å². The number of hydrogen-bond donors (Lipinski definition) is 1. The minimum absolute atomic E-state index is 0.0427. The van der Waals surface area contributed by atoms with Crippen LogP contribution in [0.2, 0.25) is 0 Å². The minimum Gasteiger partial charge on any atom is -0.495 e. The van der Waals surface area contributed by atoms with E-state index in [2.05, 4.69) is 5.32 Å². The lowest BCUT2D eigenvalue weighted by molar-refractivity contribution is -0.140. The summed E-state index contributed by atoms with van der Waals surface area (Å²) in [6.07, 6.45) is 4.15. The molecule has 0 radical (unpaired) electrons. The van der Waals surface area contributed by atoms with E-state index in [0.29, 0.717) is 5.75 Å². The largest absolute Gasteiger partial charge is 0.495 e. The van der Waals surface area contributed by atoms with E-state index in [1.807, 2.05) is 81.4 Å². The molecular weight excluding hydrogens is 623 g/mol. The smallest absolute Gasteiger partial charge is 0.264 e. The van der Waals surface area contributed by atoms with Gasteiger partial charge in [-0.3, -0.25) is 13.9 Å². The first kappa shape index (κ1) is 34.7. The number of carbonyl (C=O) groups is 2. The third-order valence-electron chi connectivity index (χ3n) is 9.07. The number of methoxy groups -OCH3 is 1. The molecule has 5 rings (SSSR count). The number of amides is 2. The number of ether oxygens (including phenoxy) is 1. The fourth-order valence-corrected chi connectivity index (χ4v) is 7.65. The highest BCUT2D eigenvalue weighted by Crippen LogP contribution is 2.34. The normalized spacial score (nSPS) is 13.9. The average Bonchev–Trinajstić information content (AvgIpc) is 3.59. The summed E-state index contributed by atoms with van der Waals surface area (Å²) in [5, 5.41) is 3.22. The molecule has 252 valence electrons. The van der Waals surface area contributed by atoms with Gasteiger partial charge in [-0.2, -0.15) is 0 Å². The number of carbonyl (C=O) groups excluding carboxylic acids is 2. The van der Waals surface area contributed by atoms with Crippen molar-refractivity contribution in [2.75, 3.05) is 18.0 Å². The molecule has 1 N–H and O–H groups in total. The van der Waals surface area contributed by atoms with Crippen LogP contribution in [0.3, 0.4) is 0 Å². The first-order valence-electron chi connectivity index (χ1n) is 16.5. The van der Waals surface area contributed by atoms with Crippen LogP contribution < -0.4 is 14.4 Å². The van der Waals surface area contributed by atoms with Gasteiger partial charge in [-0.15, -0.1) is 0 Å². The lowest BCUT2D eigenvalue weighted by Gasteiger charge is -2.35. The Morgan fingerprint density at radius 3 is 2.17 bits per heavy atom. The van der Waals surface area contributed by atoms with Crippen molar-refractivity contribution in [1.29, 1.82) is 0 Å². The Morgan fingerprint density at radius 2 is 1.50 bits per heavy atom. The second-order valence-corrected chi connectivity index (χ2v) is 14.5. The van der Waals surface area contributed by atoms with Crippen molar-refractivity contribution in [3.05, 3.63) is 125 Å². The van der Waals surface area contributed by atoms with Crippen LogP contribution in [0.1, 0.15) is 53.5 Å². The Labute approximate surface area is 284 Å². The summed E-state index contributed by atoms with van der Waals surface area (Å²) < 4.78 is 35.6. The number of nitrogens with one attached hydrogen (secondary N) is 1. The molecule has 0 saturated heterocycles. The standard InChI is InChI=1S/C39H45N3O5S/c1-28-18-21-34(22-19-28)48(45,46)42(35-24-29(2)20-23-37(35)47-4)27-38(43)41(26-32-15-9-8-12-30(32)3)36(25-31-13-6-5-7-14-31)39(44)40-33-16-10-11-17-33/h5-9,12-15,18-24,33,36H,10-11,16-17,25-27H2,1-4H3,(H,40,44). The van der Waals surface area contributed by atoms with Crippen LogP contribution in [0, 0.1) is 20.8 Å². The molecule has 48 heavy (non-hydrogen) atoms. The Balaban J connectivity index is 1.61. The molecule has 4 aromatic carbocycles. The number of benzene rings is 4. The number of aryl methyl sites for hydroxylation is 3. The predicted molar refractivity (Wildman–Crippen MR) is 190 cm³/mol. The van der Waals surface area contributed by atoms with Crippen LogP contribution in [0.5, 0.6) is 5.75 Å². The molecule has 1 fully saturated rings. The van der Waals surface area contributed by atoms with Crippen LogP contribution in [-0.4, -0.2) is 50.9 Å². The number of sulfonamides is 1. The fraction of sp³-hybridized carbons (Fsp3) is 0.333. The van der Waals surface area contributed by atoms with Crippen molar-refractivity contribution >= 4 is 27.5 Å².